The molecule has 0 fully saturated rings. The van der Waals surface area contributed by atoms with E-state index in [1.165, 1.54) is 11.3 Å². The quantitative estimate of drug-likeness (QED) is 0.256. The van der Waals surface area contributed by atoms with Crippen molar-refractivity contribution in [2.24, 2.45) is 4.99 Å². The molecule has 9 heteroatoms. The van der Waals surface area contributed by atoms with Gasteiger partial charge in [0.2, 0.25) is 0 Å². The predicted octanol–water partition coefficient (Wildman–Crippen LogP) is 4.75. The number of benzene rings is 2. The Bertz CT molecular complexity index is 2040. The Morgan fingerprint density at radius 2 is 1.86 bits per heavy atom. The molecule has 8 nitrogen and oxygen atoms in total. The van der Waals surface area contributed by atoms with Crippen molar-refractivity contribution < 1.29 is 14.3 Å². The lowest BCUT2D eigenvalue weighted by atomic mass is 9.93. The van der Waals surface area contributed by atoms with E-state index in [4.69, 9.17) is 14.5 Å². The van der Waals surface area contributed by atoms with Crippen molar-refractivity contribution in [2.75, 3.05) is 13.7 Å². The summed E-state index contributed by atoms with van der Waals surface area (Å²) in [5.74, 6) is 0.0937. The molecule has 0 saturated heterocycles. The van der Waals surface area contributed by atoms with E-state index in [0.717, 1.165) is 28.2 Å². The van der Waals surface area contributed by atoms with Gasteiger partial charge in [0.05, 0.1) is 47.4 Å². The van der Waals surface area contributed by atoms with Crippen molar-refractivity contribution in [1.82, 2.24) is 14.1 Å². The summed E-state index contributed by atoms with van der Waals surface area (Å²) in [7, 11) is 1.59. The lowest BCUT2D eigenvalue weighted by Gasteiger charge is -2.26. The number of esters is 1. The van der Waals surface area contributed by atoms with Crippen LogP contribution in [-0.4, -0.2) is 33.8 Å². The van der Waals surface area contributed by atoms with Crippen LogP contribution < -0.4 is 19.6 Å². The monoisotopic (exact) mass is 590 g/mol. The van der Waals surface area contributed by atoms with Gasteiger partial charge in [-0.25, -0.2) is 9.79 Å². The van der Waals surface area contributed by atoms with Gasteiger partial charge >= 0.3 is 5.97 Å². The minimum absolute atomic E-state index is 0.187. The van der Waals surface area contributed by atoms with Crippen LogP contribution in [0.2, 0.25) is 0 Å². The number of nitrogens with zero attached hydrogens (tertiary/aromatic N) is 4. The summed E-state index contributed by atoms with van der Waals surface area (Å²) >= 11 is 1.30. The molecule has 0 bridgehead atoms. The van der Waals surface area contributed by atoms with Crippen molar-refractivity contribution >= 4 is 29.1 Å². The van der Waals surface area contributed by atoms with E-state index in [-0.39, 0.29) is 12.2 Å². The maximum Gasteiger partial charge on any atom is 0.338 e. The van der Waals surface area contributed by atoms with Gasteiger partial charge in [-0.1, -0.05) is 53.8 Å². The summed E-state index contributed by atoms with van der Waals surface area (Å²) in [4.78, 5) is 37.6. The van der Waals surface area contributed by atoms with Crippen LogP contribution >= 0.6 is 11.3 Å². The molecule has 43 heavy (non-hydrogen) atoms. The van der Waals surface area contributed by atoms with E-state index in [1.807, 2.05) is 92.9 Å². The summed E-state index contributed by atoms with van der Waals surface area (Å²) in [6.45, 7) is 6.00. The smallest absolute Gasteiger partial charge is 0.338 e. The third-order valence-corrected chi connectivity index (χ3v) is 8.43. The fourth-order valence-corrected chi connectivity index (χ4v) is 6.52. The van der Waals surface area contributed by atoms with Crippen LogP contribution in [0.1, 0.15) is 41.0 Å². The SMILES string of the molecule is CCOC(=O)C1=C(c2ccccc2)N=c2s/c(=C/c3cc(C)n(-c4cccnc4)c3C)c(=O)n2[C@@H]1c1cccc(OC)c1. The maximum absolute atomic E-state index is 14.3. The van der Waals surface area contributed by atoms with Gasteiger partial charge in [0, 0.05) is 23.1 Å². The largest absolute Gasteiger partial charge is 0.497 e. The minimum Gasteiger partial charge on any atom is -0.497 e. The third-order valence-electron chi connectivity index (χ3n) is 7.44. The number of aromatic nitrogens is 3. The Hall–Kier alpha value is -5.02. The highest BCUT2D eigenvalue weighted by molar-refractivity contribution is 7.07. The molecule has 4 heterocycles. The van der Waals surface area contributed by atoms with Gasteiger partial charge in [-0.2, -0.15) is 0 Å². The zero-order valence-electron chi connectivity index (χ0n) is 24.3. The Labute approximate surface area is 252 Å². The summed E-state index contributed by atoms with van der Waals surface area (Å²) in [5.41, 5.74) is 5.89. The molecule has 6 rings (SSSR count). The number of thiazole rings is 1. The third kappa shape index (κ3) is 5.12. The number of carbonyl (C=O) groups is 1. The lowest BCUT2D eigenvalue weighted by molar-refractivity contribution is -0.138. The van der Waals surface area contributed by atoms with Crippen molar-refractivity contribution in [3.05, 3.63) is 139 Å². The molecule has 1 atom stereocenters. The first-order valence-electron chi connectivity index (χ1n) is 13.9. The molecule has 0 unspecified atom stereocenters. The first-order chi connectivity index (χ1) is 20.9. The number of fused-ring (bicyclic) bond motifs is 1. The molecule has 3 aromatic heterocycles. The van der Waals surface area contributed by atoms with E-state index in [1.54, 1.807) is 24.8 Å². The fraction of sp³-hybridized carbons (Fsp3) is 0.176. The summed E-state index contributed by atoms with van der Waals surface area (Å²) in [6.07, 6.45) is 5.46. The molecular formula is C34H30N4O4S. The van der Waals surface area contributed by atoms with E-state index in [0.29, 0.717) is 31.9 Å². The lowest BCUT2D eigenvalue weighted by Crippen LogP contribution is -2.40. The molecular weight excluding hydrogens is 560 g/mol. The fourth-order valence-electron chi connectivity index (χ4n) is 5.53. The number of carbonyl (C=O) groups excluding carboxylic acids is 1. The Balaban J connectivity index is 1.62. The van der Waals surface area contributed by atoms with E-state index in [9.17, 15) is 9.59 Å². The van der Waals surface area contributed by atoms with Crippen molar-refractivity contribution in [3.8, 4) is 11.4 Å². The summed E-state index contributed by atoms with van der Waals surface area (Å²) in [6, 6.07) is 22.1. The maximum atomic E-state index is 14.3. The predicted molar refractivity (Wildman–Crippen MR) is 167 cm³/mol. The molecule has 0 saturated carbocycles. The highest BCUT2D eigenvalue weighted by Crippen LogP contribution is 2.36. The van der Waals surface area contributed by atoms with Crippen molar-refractivity contribution in [2.45, 2.75) is 26.8 Å². The van der Waals surface area contributed by atoms with Crippen LogP contribution in [0.5, 0.6) is 5.75 Å². The second-order valence-electron chi connectivity index (χ2n) is 10.1. The zero-order chi connectivity index (χ0) is 30.1. The van der Waals surface area contributed by atoms with E-state index < -0.39 is 12.0 Å². The average Bonchev–Trinajstić information content (AvgIpc) is 3.50. The van der Waals surface area contributed by atoms with Crippen molar-refractivity contribution in [3.63, 3.8) is 0 Å². The number of aryl methyl sites for hydroxylation is 1. The number of hydrogen-bond acceptors (Lipinski definition) is 7. The molecule has 1 aliphatic rings. The average molecular weight is 591 g/mol. The topological polar surface area (TPSA) is 87.7 Å². The number of hydrogen-bond donors (Lipinski definition) is 0. The molecule has 2 aromatic carbocycles. The summed E-state index contributed by atoms with van der Waals surface area (Å²) in [5, 5.41) is 0. The van der Waals surface area contributed by atoms with Crippen LogP contribution in [0.25, 0.3) is 17.5 Å². The van der Waals surface area contributed by atoms with Gasteiger partial charge in [0.1, 0.15) is 5.75 Å². The van der Waals surface area contributed by atoms with E-state index in [2.05, 4.69) is 15.6 Å². The molecule has 0 aliphatic carbocycles. The van der Waals surface area contributed by atoms with Crippen LogP contribution in [-0.2, 0) is 9.53 Å². The highest BCUT2D eigenvalue weighted by Gasteiger charge is 2.35. The number of rotatable bonds is 7. The van der Waals surface area contributed by atoms with Crippen LogP contribution in [0.3, 0.4) is 0 Å². The summed E-state index contributed by atoms with van der Waals surface area (Å²) < 4.78 is 15.3. The van der Waals surface area contributed by atoms with Gasteiger partial charge in [-0.05, 0) is 68.3 Å². The van der Waals surface area contributed by atoms with Crippen LogP contribution in [0, 0.1) is 13.8 Å². The van der Waals surface area contributed by atoms with Gasteiger partial charge in [-0.15, -0.1) is 0 Å². The molecule has 0 spiro atoms. The Kier molecular flexibility index (Phi) is 7.65. The molecule has 1 aliphatic heterocycles. The zero-order valence-corrected chi connectivity index (χ0v) is 25.1. The number of ether oxygens (including phenoxy) is 2. The van der Waals surface area contributed by atoms with Gasteiger partial charge < -0.3 is 14.0 Å². The Morgan fingerprint density at radius 1 is 1.05 bits per heavy atom. The molecule has 0 N–H and O–H groups in total. The molecule has 216 valence electrons. The Morgan fingerprint density at radius 3 is 2.58 bits per heavy atom. The van der Waals surface area contributed by atoms with Gasteiger partial charge in [0.25, 0.3) is 5.56 Å². The molecule has 0 radical (unpaired) electrons. The number of pyridine rings is 1. The number of methoxy groups -OCH3 is 1. The van der Waals surface area contributed by atoms with Crippen LogP contribution in [0.4, 0.5) is 0 Å². The second-order valence-corrected chi connectivity index (χ2v) is 11.1. The standard InChI is InChI=1S/C34H30N4O4S/c1-5-42-33(40)29-30(23-11-7-6-8-12-23)36-34-38(31(29)24-13-9-15-27(18-24)41-4)32(39)28(43-34)19-25-17-21(2)37(22(25)3)26-14-10-16-35-20-26/h6-20,31H,5H2,1-4H3/b28-19+/t31-/m1/s1. The van der Waals surface area contributed by atoms with E-state index >= 15 is 0 Å². The minimum atomic E-state index is -0.773. The second kappa shape index (κ2) is 11.7. The van der Waals surface area contributed by atoms with Gasteiger partial charge in [0.15, 0.2) is 4.80 Å². The van der Waals surface area contributed by atoms with Crippen molar-refractivity contribution in [1.29, 1.82) is 0 Å². The first-order valence-corrected chi connectivity index (χ1v) is 14.7. The van der Waals surface area contributed by atoms with Crippen LogP contribution in [0.15, 0.2) is 101 Å². The highest BCUT2D eigenvalue weighted by atomic mass is 32.1. The molecule has 5 aromatic rings. The molecule has 0 amide bonds. The van der Waals surface area contributed by atoms with Gasteiger partial charge in [-0.3, -0.25) is 14.3 Å². The first kappa shape index (κ1) is 28.1. The normalized spacial score (nSPS) is 14.8.